The molecule has 0 amide bonds. The number of hydrogen-bond donors (Lipinski definition) is 3. The fourth-order valence-electron chi connectivity index (χ4n) is 2.03. The number of aliphatic carboxylic acids is 2. The second-order valence-electron chi connectivity index (χ2n) is 4.95. The quantitative estimate of drug-likeness (QED) is 0.644. The molecule has 1 saturated heterocycles. The Morgan fingerprint density at radius 2 is 1.54 bits per heavy atom. The molecule has 1 aromatic rings. The summed E-state index contributed by atoms with van der Waals surface area (Å²) in [5.74, 6) is -1.84. The summed E-state index contributed by atoms with van der Waals surface area (Å²) in [4.78, 5) is 20.6. The van der Waals surface area contributed by atoms with E-state index in [-0.39, 0.29) is 0 Å². The van der Waals surface area contributed by atoms with Gasteiger partial charge in [0.25, 0.3) is 0 Å². The lowest BCUT2D eigenvalue weighted by Gasteiger charge is -2.26. The Bertz CT molecular complexity index is 488. The number of piperazine rings is 1. The molecule has 1 aliphatic rings. The number of benzene rings is 1. The van der Waals surface area contributed by atoms with E-state index in [2.05, 4.69) is 10.2 Å². The van der Waals surface area contributed by atoms with E-state index < -0.39 is 11.9 Å². The van der Waals surface area contributed by atoms with Gasteiger partial charge in [0.2, 0.25) is 0 Å². The number of carbonyl (C=O) groups is 2. The average molecular weight is 340 g/mol. The van der Waals surface area contributed by atoms with Crippen molar-refractivity contribution in [1.29, 1.82) is 0 Å². The third-order valence-corrected chi connectivity index (χ3v) is 3.20. The minimum atomic E-state index is -1.82. The zero-order valence-electron chi connectivity index (χ0n) is 13.7. The Morgan fingerprint density at radius 1 is 1.04 bits per heavy atom. The molecule has 0 unspecified atom stereocenters. The van der Waals surface area contributed by atoms with Gasteiger partial charge in [0.1, 0.15) is 18.1 Å². The van der Waals surface area contributed by atoms with E-state index >= 15 is 0 Å². The summed E-state index contributed by atoms with van der Waals surface area (Å²) >= 11 is 0. The molecule has 0 aromatic heterocycles. The number of rotatable bonds is 6. The smallest absolute Gasteiger partial charge is 0.414 e. The number of ether oxygens (including phenoxy) is 2. The summed E-state index contributed by atoms with van der Waals surface area (Å²) in [7, 11) is 0. The van der Waals surface area contributed by atoms with Crippen LogP contribution in [0.1, 0.15) is 6.92 Å². The first-order chi connectivity index (χ1) is 11.5. The van der Waals surface area contributed by atoms with Crippen LogP contribution < -0.4 is 14.8 Å². The predicted molar refractivity (Wildman–Crippen MR) is 87.7 cm³/mol. The van der Waals surface area contributed by atoms with Crippen molar-refractivity contribution in [2.75, 3.05) is 45.9 Å². The molecular formula is C16H24N2O6. The van der Waals surface area contributed by atoms with Gasteiger partial charge in [0.05, 0.1) is 6.61 Å². The van der Waals surface area contributed by atoms with Crippen LogP contribution in [0.25, 0.3) is 0 Å². The van der Waals surface area contributed by atoms with Crippen LogP contribution in [0.5, 0.6) is 11.5 Å². The van der Waals surface area contributed by atoms with Crippen molar-refractivity contribution in [3.8, 4) is 11.5 Å². The molecule has 0 radical (unpaired) electrons. The highest BCUT2D eigenvalue weighted by molar-refractivity contribution is 6.27. The van der Waals surface area contributed by atoms with Gasteiger partial charge in [0.15, 0.2) is 0 Å². The molecule has 0 atom stereocenters. The Morgan fingerprint density at radius 3 is 2.00 bits per heavy atom. The number of carboxylic acid groups (broad SMARTS) is 2. The van der Waals surface area contributed by atoms with Gasteiger partial charge in [-0.05, 0) is 31.2 Å². The molecule has 24 heavy (non-hydrogen) atoms. The lowest BCUT2D eigenvalue weighted by atomic mass is 10.3. The Balaban J connectivity index is 0.000000413. The van der Waals surface area contributed by atoms with Gasteiger partial charge < -0.3 is 25.0 Å². The molecule has 1 fully saturated rings. The van der Waals surface area contributed by atoms with Gasteiger partial charge in [-0.2, -0.15) is 0 Å². The van der Waals surface area contributed by atoms with Crippen LogP contribution in [0.4, 0.5) is 0 Å². The first-order valence-corrected chi connectivity index (χ1v) is 7.78. The van der Waals surface area contributed by atoms with E-state index in [1.54, 1.807) is 0 Å². The molecule has 1 aliphatic heterocycles. The molecule has 134 valence electrons. The van der Waals surface area contributed by atoms with Gasteiger partial charge in [-0.3, -0.25) is 4.90 Å². The van der Waals surface area contributed by atoms with Crippen molar-refractivity contribution in [3.05, 3.63) is 24.3 Å². The van der Waals surface area contributed by atoms with E-state index in [0.717, 1.165) is 50.8 Å². The maximum absolute atomic E-state index is 9.10. The van der Waals surface area contributed by atoms with E-state index in [0.29, 0.717) is 6.61 Å². The van der Waals surface area contributed by atoms with Crippen molar-refractivity contribution in [1.82, 2.24) is 10.2 Å². The molecule has 0 aliphatic carbocycles. The summed E-state index contributed by atoms with van der Waals surface area (Å²) in [5.41, 5.74) is 0. The van der Waals surface area contributed by atoms with E-state index in [4.69, 9.17) is 29.3 Å². The van der Waals surface area contributed by atoms with Crippen LogP contribution >= 0.6 is 0 Å². The predicted octanol–water partition coefficient (Wildman–Crippen LogP) is 0.525. The lowest BCUT2D eigenvalue weighted by Crippen LogP contribution is -2.44. The normalized spacial score (nSPS) is 14.2. The second-order valence-corrected chi connectivity index (χ2v) is 4.95. The lowest BCUT2D eigenvalue weighted by molar-refractivity contribution is -0.159. The molecule has 0 bridgehead atoms. The SMILES string of the molecule is CCOc1ccc(OCCN2CCNCC2)cc1.O=C(O)C(=O)O. The van der Waals surface area contributed by atoms with Gasteiger partial charge >= 0.3 is 11.9 Å². The monoisotopic (exact) mass is 340 g/mol. The first-order valence-electron chi connectivity index (χ1n) is 7.78. The molecular weight excluding hydrogens is 316 g/mol. The Hall–Kier alpha value is -2.32. The molecule has 2 rings (SSSR count). The van der Waals surface area contributed by atoms with Crippen molar-refractivity contribution in [2.45, 2.75) is 6.92 Å². The summed E-state index contributed by atoms with van der Waals surface area (Å²) in [5, 5.41) is 18.1. The highest BCUT2D eigenvalue weighted by Crippen LogP contribution is 2.17. The summed E-state index contributed by atoms with van der Waals surface area (Å²) < 4.78 is 11.1. The van der Waals surface area contributed by atoms with E-state index in [1.165, 1.54) is 0 Å². The van der Waals surface area contributed by atoms with E-state index in [9.17, 15) is 0 Å². The van der Waals surface area contributed by atoms with Crippen LogP contribution in [-0.2, 0) is 9.59 Å². The standard InChI is InChI=1S/C14H22N2O2.C2H2O4/c1-2-17-13-3-5-14(6-4-13)18-12-11-16-9-7-15-8-10-16;3-1(4)2(5)6/h3-6,15H,2,7-12H2,1H3;(H,3,4)(H,5,6). The number of hydrogen-bond acceptors (Lipinski definition) is 6. The van der Waals surface area contributed by atoms with Crippen molar-refractivity contribution in [3.63, 3.8) is 0 Å². The second kappa shape index (κ2) is 11.3. The van der Waals surface area contributed by atoms with Crippen LogP contribution in [0.15, 0.2) is 24.3 Å². The third kappa shape index (κ3) is 8.35. The Labute approximate surface area is 141 Å². The minimum Gasteiger partial charge on any atom is -0.494 e. The van der Waals surface area contributed by atoms with Gasteiger partial charge in [-0.1, -0.05) is 0 Å². The summed E-state index contributed by atoms with van der Waals surface area (Å²) in [6.07, 6.45) is 0. The molecule has 1 aromatic carbocycles. The Kier molecular flexibility index (Phi) is 9.25. The molecule has 1 heterocycles. The van der Waals surface area contributed by atoms with E-state index in [1.807, 2.05) is 31.2 Å². The third-order valence-electron chi connectivity index (χ3n) is 3.20. The van der Waals surface area contributed by atoms with Crippen LogP contribution in [0.3, 0.4) is 0 Å². The topological polar surface area (TPSA) is 108 Å². The van der Waals surface area contributed by atoms with Crippen molar-refractivity contribution in [2.24, 2.45) is 0 Å². The maximum atomic E-state index is 9.10. The first kappa shape index (κ1) is 19.7. The highest BCUT2D eigenvalue weighted by atomic mass is 16.5. The number of carboxylic acids is 2. The zero-order valence-corrected chi connectivity index (χ0v) is 13.7. The van der Waals surface area contributed by atoms with Crippen LogP contribution in [-0.4, -0.2) is 73.0 Å². The molecule has 3 N–H and O–H groups in total. The largest absolute Gasteiger partial charge is 0.494 e. The van der Waals surface area contributed by atoms with Gasteiger partial charge in [0, 0.05) is 32.7 Å². The molecule has 0 spiro atoms. The average Bonchev–Trinajstić information content (AvgIpc) is 2.58. The molecule has 8 nitrogen and oxygen atoms in total. The zero-order chi connectivity index (χ0) is 17.8. The summed E-state index contributed by atoms with van der Waals surface area (Å²) in [6.45, 7) is 8.83. The van der Waals surface area contributed by atoms with Crippen molar-refractivity contribution >= 4 is 11.9 Å². The maximum Gasteiger partial charge on any atom is 0.414 e. The highest BCUT2D eigenvalue weighted by Gasteiger charge is 2.08. The molecule has 0 saturated carbocycles. The number of nitrogens with zero attached hydrogens (tertiary/aromatic N) is 1. The van der Waals surface area contributed by atoms with Crippen LogP contribution in [0, 0.1) is 0 Å². The van der Waals surface area contributed by atoms with Gasteiger partial charge in [-0.15, -0.1) is 0 Å². The van der Waals surface area contributed by atoms with Crippen LogP contribution in [0.2, 0.25) is 0 Å². The van der Waals surface area contributed by atoms with Gasteiger partial charge in [-0.25, -0.2) is 9.59 Å². The fraction of sp³-hybridized carbons (Fsp3) is 0.500. The fourth-order valence-corrected chi connectivity index (χ4v) is 2.03. The minimum absolute atomic E-state index is 0.698. The molecule has 8 heteroatoms. The van der Waals surface area contributed by atoms with Crippen molar-refractivity contribution < 1.29 is 29.3 Å². The number of nitrogens with one attached hydrogen (secondary N) is 1. The summed E-state index contributed by atoms with van der Waals surface area (Å²) in [6, 6.07) is 7.82.